The van der Waals surface area contributed by atoms with Crippen molar-refractivity contribution in [2.75, 3.05) is 0 Å². The van der Waals surface area contributed by atoms with Gasteiger partial charge in [0.05, 0.1) is 11.0 Å². The molecule has 0 radical (unpaired) electrons. The Morgan fingerprint density at radius 2 is 1.20 bits per heavy atom. The maximum atomic E-state index is 5.65. The first kappa shape index (κ1) is 37.8. The van der Waals surface area contributed by atoms with Gasteiger partial charge in [0.25, 0.3) is 0 Å². The van der Waals surface area contributed by atoms with Gasteiger partial charge in [0.15, 0.2) is 0 Å². The maximum Gasteiger partial charge on any atom is 0.137 e. The molecular weight excluding hydrogens is 861 g/mol. The first-order valence-electron chi connectivity index (χ1n) is 16.4. The van der Waals surface area contributed by atoms with E-state index in [-0.39, 0.29) is 19.5 Å². The third-order valence-corrected chi connectivity index (χ3v) is 10.4. The Hall–Kier alpha value is -3.41. The number of nitrogens with two attached hydrogens (primary N) is 2. The van der Waals surface area contributed by atoms with E-state index < -0.39 is 0 Å². The summed E-state index contributed by atoms with van der Waals surface area (Å²) in [6, 6.07) is 42.4. The molecule has 2 atom stereocenters. The Labute approximate surface area is 325 Å². The fourth-order valence-electron chi connectivity index (χ4n) is 6.32. The highest BCUT2D eigenvalue weighted by Gasteiger charge is 2.18. The molecule has 1 fully saturated rings. The largest absolute Gasteiger partial charge is 0.326 e. The summed E-state index contributed by atoms with van der Waals surface area (Å²) in [5.41, 5.74) is 19.3. The van der Waals surface area contributed by atoms with E-state index >= 15 is 0 Å². The van der Waals surface area contributed by atoms with E-state index in [0.717, 1.165) is 33.3 Å². The predicted molar refractivity (Wildman–Crippen MR) is 227 cm³/mol. The van der Waals surface area contributed by atoms with Crippen LogP contribution in [0.1, 0.15) is 44.2 Å². The molecule has 1 saturated carbocycles. The second-order valence-electron chi connectivity index (χ2n) is 12.1. The zero-order valence-electron chi connectivity index (χ0n) is 27.0. The summed E-state index contributed by atoms with van der Waals surface area (Å²) in [4.78, 5) is 8.46. The van der Waals surface area contributed by atoms with Crippen molar-refractivity contribution < 1.29 is 0 Å². The number of pyridine rings is 2. The Bertz CT molecular complexity index is 2130. The minimum Gasteiger partial charge on any atom is -0.326 e. The monoisotopic (exact) mass is 901 g/mol. The summed E-state index contributed by atoms with van der Waals surface area (Å²) in [7, 11) is 0. The molecule has 7 aromatic rings. The van der Waals surface area contributed by atoms with Gasteiger partial charge in [-0.15, -0.1) is 0 Å². The van der Waals surface area contributed by atoms with Crippen molar-refractivity contribution in [2.45, 2.75) is 51.6 Å². The number of nitrogens with zero attached hydrogens (tertiary/aromatic N) is 3. The number of hydrogen-bond donors (Lipinski definition) is 2. The molecule has 0 aliphatic heterocycles. The molecule has 4 N–H and O–H groups in total. The van der Waals surface area contributed by atoms with Gasteiger partial charge < -0.3 is 11.5 Å². The highest BCUT2D eigenvalue weighted by molar-refractivity contribution is 14.1. The van der Waals surface area contributed by atoms with Gasteiger partial charge in [0, 0.05) is 44.2 Å². The van der Waals surface area contributed by atoms with Gasteiger partial charge >= 0.3 is 0 Å². The van der Waals surface area contributed by atoms with Crippen LogP contribution >= 0.6 is 54.5 Å². The second kappa shape index (κ2) is 18.2. The molecule has 2 aliphatic carbocycles. The highest BCUT2D eigenvalue weighted by atomic mass is 127. The Morgan fingerprint density at radius 1 is 0.600 bits per heavy atom. The van der Waals surface area contributed by atoms with Crippen LogP contribution < -0.4 is 11.5 Å². The molecule has 2 aliphatic rings. The van der Waals surface area contributed by atoms with E-state index in [0.29, 0.717) is 0 Å². The lowest BCUT2D eigenvalue weighted by atomic mass is 9.92. The number of aromatic nitrogens is 3. The number of rotatable bonds is 1. The normalized spacial score (nSPS) is 15.5. The fourth-order valence-corrected chi connectivity index (χ4v) is 7.45. The van der Waals surface area contributed by atoms with E-state index in [2.05, 4.69) is 154 Å². The van der Waals surface area contributed by atoms with Gasteiger partial charge in [-0.25, -0.2) is 4.98 Å². The van der Waals surface area contributed by atoms with Crippen LogP contribution in [0.4, 0.5) is 0 Å². The average Bonchev–Trinajstić information content (AvgIpc) is 3.66. The van der Waals surface area contributed by atoms with Crippen LogP contribution in [0.25, 0.3) is 38.8 Å². The molecule has 8 heteroatoms. The van der Waals surface area contributed by atoms with Gasteiger partial charge in [0.2, 0.25) is 0 Å². The van der Waals surface area contributed by atoms with E-state index in [1.54, 1.807) is 6.20 Å². The molecule has 0 amide bonds. The molecule has 50 heavy (non-hydrogen) atoms. The Balaban J connectivity index is 0.000000141. The summed E-state index contributed by atoms with van der Waals surface area (Å²) >= 11 is 9.24. The maximum absolute atomic E-state index is 5.65. The molecular formula is C42H42Br2IN5. The van der Waals surface area contributed by atoms with Crippen molar-refractivity contribution in [3.63, 3.8) is 0 Å². The summed E-state index contributed by atoms with van der Waals surface area (Å²) in [6.07, 6.45) is 9.48. The molecule has 0 bridgehead atoms. The molecule has 9 rings (SSSR count). The summed E-state index contributed by atoms with van der Waals surface area (Å²) < 4.78 is 5.49. The van der Waals surface area contributed by atoms with Crippen LogP contribution in [0.2, 0.25) is 0 Å². The lowest BCUT2D eigenvalue weighted by molar-refractivity contribution is 0.385. The van der Waals surface area contributed by atoms with Gasteiger partial charge in [-0.05, 0) is 119 Å². The average molecular weight is 904 g/mol. The van der Waals surface area contributed by atoms with E-state index in [9.17, 15) is 0 Å². The smallest absolute Gasteiger partial charge is 0.137 e. The number of halogens is 3. The first-order chi connectivity index (χ1) is 23.9. The molecule has 1 unspecified atom stereocenters. The van der Waals surface area contributed by atoms with Crippen molar-refractivity contribution in [1.82, 2.24) is 14.5 Å². The molecule has 256 valence electrons. The van der Waals surface area contributed by atoms with Crippen LogP contribution in [0, 0.1) is 3.70 Å². The minimum atomic E-state index is 0. The number of hydrogen-bond acceptors (Lipinski definition) is 4. The molecule has 3 aromatic heterocycles. The van der Waals surface area contributed by atoms with Crippen LogP contribution in [0.5, 0.6) is 0 Å². The number of para-hydroxylation sites is 1. The summed E-state index contributed by atoms with van der Waals surface area (Å²) in [5, 5.41) is 2.50. The lowest BCUT2D eigenvalue weighted by Gasteiger charge is -2.24. The summed E-state index contributed by atoms with van der Waals surface area (Å²) in [5.74, 6) is 0.941. The molecule has 3 heterocycles. The Morgan fingerprint density at radius 3 is 1.86 bits per heavy atom. The SMILES string of the molecule is Brc1ccc2c(c1)Cc1ccccc1-2.Brc1ccc2c3ccccc3n(-c3ccccn3)c2c1.C.Ic1ccccn1.NC1CCCC[C@@H]1N. The highest BCUT2D eigenvalue weighted by Crippen LogP contribution is 2.37. The minimum absolute atomic E-state index is 0. The van der Waals surface area contributed by atoms with Crippen LogP contribution in [0.15, 0.2) is 143 Å². The van der Waals surface area contributed by atoms with Crippen molar-refractivity contribution in [1.29, 1.82) is 0 Å². The predicted octanol–water partition coefficient (Wildman–Crippen LogP) is 11.5. The molecule has 5 nitrogen and oxygen atoms in total. The first-order valence-corrected chi connectivity index (χ1v) is 19.1. The zero-order valence-corrected chi connectivity index (χ0v) is 32.4. The third-order valence-electron chi connectivity index (χ3n) is 8.77. The molecule has 4 aromatic carbocycles. The lowest BCUT2D eigenvalue weighted by Crippen LogP contribution is -2.43. The van der Waals surface area contributed by atoms with Gasteiger partial charge in [-0.3, -0.25) is 9.55 Å². The molecule has 0 saturated heterocycles. The quantitative estimate of drug-likeness (QED) is 0.127. The van der Waals surface area contributed by atoms with Gasteiger partial charge in [-0.2, -0.15) is 0 Å². The van der Waals surface area contributed by atoms with Crippen molar-refractivity contribution in [3.8, 4) is 16.9 Å². The van der Waals surface area contributed by atoms with Gasteiger partial charge in [0.1, 0.15) is 9.52 Å². The molecule has 0 spiro atoms. The van der Waals surface area contributed by atoms with Crippen molar-refractivity contribution in [3.05, 3.63) is 157 Å². The van der Waals surface area contributed by atoms with E-state index in [4.69, 9.17) is 11.5 Å². The number of benzene rings is 4. The van der Waals surface area contributed by atoms with Crippen LogP contribution in [-0.2, 0) is 6.42 Å². The zero-order chi connectivity index (χ0) is 34.2. The fraction of sp³-hybridized carbons (Fsp3) is 0.190. The van der Waals surface area contributed by atoms with Crippen molar-refractivity contribution >= 4 is 76.3 Å². The standard InChI is InChI=1S/C17H11BrN2.C13H9Br.C6H14N2.C5H4IN.CH4/c18-12-8-9-14-13-5-1-2-6-15(13)20(16(14)11-12)17-7-3-4-10-19-17;14-11-5-6-13-10(8-11)7-9-3-1-2-4-12(9)13;7-5-3-1-2-4-6(5)8;6-5-3-1-2-4-7-5;/h1-11H;1-6,8H,7H2;5-6H,1-4,7-8H2;1-4H;1H4/t;;5-,6?;;/m..0../s1. The van der Waals surface area contributed by atoms with E-state index in [1.807, 2.05) is 42.6 Å². The van der Waals surface area contributed by atoms with Crippen LogP contribution in [0.3, 0.4) is 0 Å². The topological polar surface area (TPSA) is 82.8 Å². The Kier molecular flexibility index (Phi) is 13.8. The number of fused-ring (bicyclic) bond motifs is 6. The second-order valence-corrected chi connectivity index (χ2v) is 15.0. The third kappa shape index (κ3) is 9.27. The van der Waals surface area contributed by atoms with Crippen LogP contribution in [-0.4, -0.2) is 26.6 Å². The van der Waals surface area contributed by atoms with E-state index in [1.165, 1.54) is 61.4 Å². The van der Waals surface area contributed by atoms with Crippen molar-refractivity contribution in [2.24, 2.45) is 11.5 Å². The van der Waals surface area contributed by atoms with Gasteiger partial charge in [-0.1, -0.05) is 119 Å². The summed E-state index contributed by atoms with van der Waals surface area (Å²) in [6.45, 7) is 0.